The molecular formula is C12H17NO. The Hall–Kier alpha value is -0.760. The molecule has 76 valence electrons. The van der Waals surface area contributed by atoms with Crippen molar-refractivity contribution in [1.29, 1.82) is 0 Å². The summed E-state index contributed by atoms with van der Waals surface area (Å²) in [5.74, 6) is 2.85. The molecule has 0 spiro atoms. The zero-order valence-electron chi connectivity index (χ0n) is 8.62. The zero-order chi connectivity index (χ0) is 9.54. The van der Waals surface area contributed by atoms with Crippen molar-refractivity contribution >= 4 is 0 Å². The van der Waals surface area contributed by atoms with E-state index in [9.17, 15) is 0 Å². The number of fused-ring (bicyclic) bond motifs is 3. The van der Waals surface area contributed by atoms with Gasteiger partial charge in [-0.05, 0) is 42.9 Å². The van der Waals surface area contributed by atoms with Crippen LogP contribution in [-0.2, 0) is 4.74 Å². The van der Waals surface area contributed by atoms with Gasteiger partial charge in [0.1, 0.15) is 0 Å². The van der Waals surface area contributed by atoms with Crippen molar-refractivity contribution in [2.75, 3.05) is 13.7 Å². The molecule has 1 aliphatic heterocycles. The molecule has 2 nitrogen and oxygen atoms in total. The molecule has 1 saturated heterocycles. The second kappa shape index (κ2) is 3.13. The third kappa shape index (κ3) is 1.13. The van der Waals surface area contributed by atoms with Crippen molar-refractivity contribution in [3.05, 3.63) is 23.5 Å². The molecule has 1 fully saturated rings. The predicted octanol–water partition coefficient (Wildman–Crippen LogP) is 1.84. The summed E-state index contributed by atoms with van der Waals surface area (Å²) in [7, 11) is 1.78. The van der Waals surface area contributed by atoms with Gasteiger partial charge in [-0.15, -0.1) is 0 Å². The van der Waals surface area contributed by atoms with E-state index < -0.39 is 0 Å². The zero-order valence-corrected chi connectivity index (χ0v) is 8.62. The quantitative estimate of drug-likeness (QED) is 0.683. The Morgan fingerprint density at radius 3 is 3.21 bits per heavy atom. The lowest BCUT2D eigenvalue weighted by molar-refractivity contribution is 0.253. The molecule has 0 aromatic heterocycles. The maximum atomic E-state index is 5.32. The number of rotatable bonds is 1. The van der Waals surface area contributed by atoms with Crippen LogP contribution in [0.2, 0.25) is 0 Å². The average Bonchev–Trinajstić information content (AvgIpc) is 2.75. The fraction of sp³-hybridized carbons (Fsp3) is 0.667. The van der Waals surface area contributed by atoms with Gasteiger partial charge in [0, 0.05) is 12.5 Å². The second-order valence-electron chi connectivity index (χ2n) is 4.56. The molecule has 0 bridgehead atoms. The summed E-state index contributed by atoms with van der Waals surface area (Å²) in [6.07, 6.45) is 8.44. The first-order valence-electron chi connectivity index (χ1n) is 5.58. The first kappa shape index (κ1) is 8.54. The summed E-state index contributed by atoms with van der Waals surface area (Å²) in [6.45, 7) is 1.20. The maximum absolute atomic E-state index is 5.32. The van der Waals surface area contributed by atoms with E-state index in [4.69, 9.17) is 4.74 Å². The maximum Gasteiger partial charge on any atom is 0.0958 e. The summed E-state index contributed by atoms with van der Waals surface area (Å²) in [5.41, 5.74) is 1.52. The normalized spacial score (nSPS) is 39.9. The topological polar surface area (TPSA) is 21.3 Å². The van der Waals surface area contributed by atoms with E-state index in [1.807, 2.05) is 0 Å². The summed E-state index contributed by atoms with van der Waals surface area (Å²) in [5, 5.41) is 3.56. The lowest BCUT2D eigenvalue weighted by Crippen LogP contribution is -2.24. The third-order valence-corrected chi connectivity index (χ3v) is 3.93. The molecule has 3 atom stereocenters. The molecular weight excluding hydrogens is 174 g/mol. The highest BCUT2D eigenvalue weighted by Gasteiger charge is 2.40. The van der Waals surface area contributed by atoms with Crippen molar-refractivity contribution in [3.8, 4) is 0 Å². The van der Waals surface area contributed by atoms with Crippen LogP contribution in [-0.4, -0.2) is 19.7 Å². The van der Waals surface area contributed by atoms with Crippen LogP contribution in [0.25, 0.3) is 0 Å². The average molecular weight is 191 g/mol. The van der Waals surface area contributed by atoms with E-state index in [0.717, 1.165) is 24.0 Å². The molecule has 3 rings (SSSR count). The standard InChI is InChI=1S/C12H17NO/c1-14-9-2-3-10-8(6-9)7-12-11(10)4-5-13-12/h6-7,10-13H,2-5H2,1H3. The van der Waals surface area contributed by atoms with Crippen LogP contribution in [0.15, 0.2) is 23.5 Å². The first-order chi connectivity index (χ1) is 6.88. The van der Waals surface area contributed by atoms with Crippen LogP contribution in [0, 0.1) is 11.8 Å². The summed E-state index contributed by atoms with van der Waals surface area (Å²) in [6, 6.07) is 0.655. The number of allylic oxidation sites excluding steroid dienone is 3. The Morgan fingerprint density at radius 1 is 1.43 bits per heavy atom. The van der Waals surface area contributed by atoms with E-state index in [0.29, 0.717) is 6.04 Å². The molecule has 0 aromatic rings. The van der Waals surface area contributed by atoms with Crippen LogP contribution in [0.5, 0.6) is 0 Å². The molecule has 0 saturated carbocycles. The Kier molecular flexibility index (Phi) is 1.91. The van der Waals surface area contributed by atoms with Crippen molar-refractivity contribution in [1.82, 2.24) is 5.32 Å². The molecule has 0 amide bonds. The van der Waals surface area contributed by atoms with Gasteiger partial charge in [0.05, 0.1) is 12.9 Å². The van der Waals surface area contributed by atoms with Crippen LogP contribution in [0.3, 0.4) is 0 Å². The minimum Gasteiger partial charge on any atom is -0.501 e. The van der Waals surface area contributed by atoms with E-state index >= 15 is 0 Å². The van der Waals surface area contributed by atoms with Gasteiger partial charge in [0.2, 0.25) is 0 Å². The van der Waals surface area contributed by atoms with Crippen molar-refractivity contribution < 1.29 is 4.74 Å². The number of methoxy groups -OCH3 is 1. The highest BCUT2D eigenvalue weighted by Crippen LogP contribution is 2.44. The van der Waals surface area contributed by atoms with Crippen molar-refractivity contribution in [2.24, 2.45) is 11.8 Å². The minimum absolute atomic E-state index is 0.655. The summed E-state index contributed by atoms with van der Waals surface area (Å²) in [4.78, 5) is 0. The monoisotopic (exact) mass is 191 g/mol. The fourth-order valence-corrected chi connectivity index (χ4v) is 3.21. The summed E-state index contributed by atoms with van der Waals surface area (Å²) >= 11 is 0. The Labute approximate surface area is 85.0 Å². The van der Waals surface area contributed by atoms with Gasteiger partial charge in [0.25, 0.3) is 0 Å². The first-order valence-corrected chi connectivity index (χ1v) is 5.58. The lowest BCUT2D eigenvalue weighted by Gasteiger charge is -2.24. The lowest BCUT2D eigenvalue weighted by atomic mass is 9.82. The van der Waals surface area contributed by atoms with Gasteiger partial charge in [-0.3, -0.25) is 0 Å². The van der Waals surface area contributed by atoms with Gasteiger partial charge in [-0.1, -0.05) is 6.08 Å². The van der Waals surface area contributed by atoms with E-state index in [1.54, 1.807) is 7.11 Å². The number of ether oxygens (including phenoxy) is 1. The molecule has 0 aromatic carbocycles. The molecule has 0 radical (unpaired) electrons. The van der Waals surface area contributed by atoms with Crippen LogP contribution in [0.4, 0.5) is 0 Å². The SMILES string of the molecule is COC1=CC2=CC3NCCC3C2CC1. The Balaban J connectivity index is 1.89. The molecule has 2 aliphatic carbocycles. The van der Waals surface area contributed by atoms with E-state index in [1.165, 1.54) is 25.0 Å². The Morgan fingerprint density at radius 2 is 2.36 bits per heavy atom. The predicted molar refractivity (Wildman–Crippen MR) is 55.8 cm³/mol. The number of nitrogens with one attached hydrogen (secondary N) is 1. The minimum atomic E-state index is 0.655. The molecule has 3 aliphatic rings. The van der Waals surface area contributed by atoms with Crippen molar-refractivity contribution in [3.63, 3.8) is 0 Å². The van der Waals surface area contributed by atoms with Gasteiger partial charge >= 0.3 is 0 Å². The van der Waals surface area contributed by atoms with Crippen LogP contribution < -0.4 is 5.32 Å². The Bertz CT molecular complexity index is 305. The van der Waals surface area contributed by atoms with Gasteiger partial charge in [0.15, 0.2) is 0 Å². The van der Waals surface area contributed by atoms with Gasteiger partial charge < -0.3 is 10.1 Å². The third-order valence-electron chi connectivity index (χ3n) is 3.93. The van der Waals surface area contributed by atoms with Crippen molar-refractivity contribution in [2.45, 2.75) is 25.3 Å². The second-order valence-corrected chi connectivity index (χ2v) is 4.56. The van der Waals surface area contributed by atoms with Crippen LogP contribution >= 0.6 is 0 Å². The highest BCUT2D eigenvalue weighted by molar-refractivity contribution is 5.35. The molecule has 3 unspecified atom stereocenters. The van der Waals surface area contributed by atoms with Crippen LogP contribution in [0.1, 0.15) is 19.3 Å². The highest BCUT2D eigenvalue weighted by atomic mass is 16.5. The summed E-state index contributed by atoms with van der Waals surface area (Å²) < 4.78 is 5.32. The molecule has 1 heterocycles. The smallest absolute Gasteiger partial charge is 0.0958 e. The number of hydrogen-bond donors (Lipinski definition) is 1. The number of hydrogen-bond acceptors (Lipinski definition) is 2. The van der Waals surface area contributed by atoms with E-state index in [2.05, 4.69) is 17.5 Å². The fourth-order valence-electron chi connectivity index (χ4n) is 3.21. The molecule has 1 N–H and O–H groups in total. The molecule has 2 heteroatoms. The van der Waals surface area contributed by atoms with Gasteiger partial charge in [-0.2, -0.15) is 0 Å². The molecule has 14 heavy (non-hydrogen) atoms. The largest absolute Gasteiger partial charge is 0.501 e. The van der Waals surface area contributed by atoms with E-state index in [-0.39, 0.29) is 0 Å². The van der Waals surface area contributed by atoms with Gasteiger partial charge in [-0.25, -0.2) is 0 Å².